The van der Waals surface area contributed by atoms with Gasteiger partial charge in [-0.2, -0.15) is 4.98 Å². The van der Waals surface area contributed by atoms with Crippen LogP contribution in [-0.2, 0) is 0 Å². The molecule has 1 N–H and O–H groups in total. The van der Waals surface area contributed by atoms with Gasteiger partial charge in [0.1, 0.15) is 5.69 Å². The number of rotatable bonds is 2. The standard InChI is InChI=1S/C12H8N4O2/c17-10-6-9(13-7-14-10)11-15-12(18-16-11)8-4-2-1-3-5-8/h1-7H,(H,13,14,17). The number of aromatic amines is 1. The van der Waals surface area contributed by atoms with Gasteiger partial charge in [0.2, 0.25) is 5.82 Å². The van der Waals surface area contributed by atoms with Gasteiger partial charge in [0.15, 0.2) is 0 Å². The number of aromatic nitrogens is 4. The largest absolute Gasteiger partial charge is 0.334 e. The Morgan fingerprint density at radius 3 is 2.78 bits per heavy atom. The SMILES string of the molecule is O=c1cc(-c2noc(-c3ccccc3)n2)nc[nH]1. The van der Waals surface area contributed by atoms with E-state index in [1.807, 2.05) is 30.3 Å². The first kappa shape index (κ1) is 10.4. The minimum atomic E-state index is -0.258. The first-order valence-corrected chi connectivity index (χ1v) is 5.27. The molecule has 6 nitrogen and oxygen atoms in total. The number of nitrogens with zero attached hydrogens (tertiary/aromatic N) is 3. The maximum absolute atomic E-state index is 11.2. The van der Waals surface area contributed by atoms with Crippen molar-refractivity contribution in [1.82, 2.24) is 20.1 Å². The molecule has 0 aliphatic heterocycles. The summed E-state index contributed by atoms with van der Waals surface area (Å²) in [5, 5.41) is 3.80. The maximum atomic E-state index is 11.2. The number of nitrogens with one attached hydrogen (secondary N) is 1. The van der Waals surface area contributed by atoms with Gasteiger partial charge >= 0.3 is 0 Å². The molecule has 0 unspecified atom stereocenters. The fraction of sp³-hybridized carbons (Fsp3) is 0. The van der Waals surface area contributed by atoms with Crippen LogP contribution in [0.5, 0.6) is 0 Å². The lowest BCUT2D eigenvalue weighted by Gasteiger charge is -1.91. The lowest BCUT2D eigenvalue weighted by Crippen LogP contribution is -2.04. The van der Waals surface area contributed by atoms with Gasteiger partial charge in [0.25, 0.3) is 11.4 Å². The summed E-state index contributed by atoms with van der Waals surface area (Å²) in [5.41, 5.74) is 0.942. The summed E-state index contributed by atoms with van der Waals surface area (Å²) >= 11 is 0. The molecule has 0 amide bonds. The molecule has 1 aromatic carbocycles. The molecule has 0 spiro atoms. The van der Waals surface area contributed by atoms with Crippen molar-refractivity contribution >= 4 is 0 Å². The maximum Gasteiger partial charge on any atom is 0.258 e. The smallest absolute Gasteiger partial charge is 0.258 e. The molecule has 0 aliphatic carbocycles. The Balaban J connectivity index is 2.02. The average Bonchev–Trinajstić information content (AvgIpc) is 2.89. The highest BCUT2D eigenvalue weighted by Gasteiger charge is 2.11. The Bertz CT molecular complexity index is 718. The summed E-state index contributed by atoms with van der Waals surface area (Å²) in [6.45, 7) is 0. The fourth-order valence-corrected chi connectivity index (χ4v) is 1.52. The lowest BCUT2D eigenvalue weighted by atomic mass is 10.2. The number of H-pyrrole nitrogens is 1. The molecule has 6 heteroatoms. The summed E-state index contributed by atoms with van der Waals surface area (Å²) in [5.74, 6) is 0.688. The Morgan fingerprint density at radius 2 is 2.00 bits per heavy atom. The van der Waals surface area contributed by atoms with Gasteiger partial charge < -0.3 is 9.51 Å². The van der Waals surface area contributed by atoms with E-state index in [2.05, 4.69) is 20.1 Å². The van der Waals surface area contributed by atoms with Crippen molar-refractivity contribution in [2.75, 3.05) is 0 Å². The molecule has 0 bridgehead atoms. The third-order valence-electron chi connectivity index (χ3n) is 2.35. The Morgan fingerprint density at radius 1 is 1.17 bits per heavy atom. The molecule has 0 aliphatic rings. The van der Waals surface area contributed by atoms with Crippen molar-refractivity contribution in [3.8, 4) is 23.0 Å². The van der Waals surface area contributed by atoms with Gasteiger partial charge in [-0.3, -0.25) is 4.79 Å². The van der Waals surface area contributed by atoms with Crippen LogP contribution in [0.25, 0.3) is 23.0 Å². The monoisotopic (exact) mass is 240 g/mol. The molecule has 18 heavy (non-hydrogen) atoms. The normalized spacial score (nSPS) is 10.4. The van der Waals surface area contributed by atoms with E-state index in [1.165, 1.54) is 12.4 Å². The van der Waals surface area contributed by atoms with Crippen LogP contribution < -0.4 is 5.56 Å². The zero-order valence-electron chi connectivity index (χ0n) is 9.20. The lowest BCUT2D eigenvalue weighted by molar-refractivity contribution is 0.432. The van der Waals surface area contributed by atoms with Crippen LogP contribution in [0.1, 0.15) is 0 Å². The molecule has 3 rings (SSSR count). The minimum absolute atomic E-state index is 0.258. The molecule has 0 atom stereocenters. The summed E-state index contributed by atoms with van der Waals surface area (Å²) in [7, 11) is 0. The summed E-state index contributed by atoms with van der Waals surface area (Å²) < 4.78 is 5.13. The molecule has 0 saturated carbocycles. The van der Waals surface area contributed by atoms with Crippen molar-refractivity contribution in [2.45, 2.75) is 0 Å². The van der Waals surface area contributed by atoms with Gasteiger partial charge in [-0.15, -0.1) is 0 Å². The van der Waals surface area contributed by atoms with Crippen molar-refractivity contribution in [2.24, 2.45) is 0 Å². The van der Waals surface area contributed by atoms with Gasteiger partial charge in [-0.1, -0.05) is 23.4 Å². The quantitative estimate of drug-likeness (QED) is 0.733. The highest BCUT2D eigenvalue weighted by atomic mass is 16.5. The van der Waals surface area contributed by atoms with Gasteiger partial charge in [-0.05, 0) is 12.1 Å². The van der Waals surface area contributed by atoms with Crippen LogP contribution in [0.2, 0.25) is 0 Å². The van der Waals surface area contributed by atoms with Crippen LogP contribution >= 0.6 is 0 Å². The Kier molecular flexibility index (Phi) is 2.45. The van der Waals surface area contributed by atoms with Crippen LogP contribution in [-0.4, -0.2) is 20.1 Å². The van der Waals surface area contributed by atoms with E-state index >= 15 is 0 Å². The Hall–Kier alpha value is -2.76. The highest BCUT2D eigenvalue weighted by Crippen LogP contribution is 2.19. The van der Waals surface area contributed by atoms with E-state index in [9.17, 15) is 4.79 Å². The van der Waals surface area contributed by atoms with Gasteiger partial charge in [-0.25, -0.2) is 4.98 Å². The zero-order chi connectivity index (χ0) is 12.4. The molecule has 2 heterocycles. The second kappa shape index (κ2) is 4.25. The minimum Gasteiger partial charge on any atom is -0.334 e. The predicted octanol–water partition coefficient (Wildman–Crippen LogP) is 1.49. The van der Waals surface area contributed by atoms with E-state index in [4.69, 9.17) is 4.52 Å². The van der Waals surface area contributed by atoms with Gasteiger partial charge in [0.05, 0.1) is 6.33 Å². The molecular weight excluding hydrogens is 232 g/mol. The molecule has 0 fully saturated rings. The summed E-state index contributed by atoms with van der Waals surface area (Å²) in [4.78, 5) is 21.8. The number of hydrogen-bond donors (Lipinski definition) is 1. The van der Waals surface area contributed by atoms with Crippen molar-refractivity contribution in [3.63, 3.8) is 0 Å². The second-order valence-electron chi connectivity index (χ2n) is 3.59. The topological polar surface area (TPSA) is 84.7 Å². The highest BCUT2D eigenvalue weighted by molar-refractivity contribution is 5.56. The summed E-state index contributed by atoms with van der Waals surface area (Å²) in [6, 6.07) is 10.7. The third-order valence-corrected chi connectivity index (χ3v) is 2.35. The first-order valence-electron chi connectivity index (χ1n) is 5.27. The number of hydrogen-bond acceptors (Lipinski definition) is 5. The molecular formula is C12H8N4O2. The third kappa shape index (κ3) is 1.91. The van der Waals surface area contributed by atoms with Crippen molar-refractivity contribution in [1.29, 1.82) is 0 Å². The molecule has 3 aromatic rings. The van der Waals surface area contributed by atoms with Crippen LogP contribution in [0, 0.1) is 0 Å². The van der Waals surface area contributed by atoms with E-state index in [1.54, 1.807) is 0 Å². The Labute approximate surface area is 101 Å². The van der Waals surface area contributed by atoms with E-state index in [0.717, 1.165) is 5.56 Å². The fourth-order valence-electron chi connectivity index (χ4n) is 1.52. The van der Waals surface area contributed by atoms with E-state index in [-0.39, 0.29) is 5.56 Å². The summed E-state index contributed by atoms with van der Waals surface area (Å²) in [6.07, 6.45) is 1.30. The molecule has 88 valence electrons. The van der Waals surface area contributed by atoms with Crippen molar-refractivity contribution in [3.05, 3.63) is 53.1 Å². The molecule has 2 aromatic heterocycles. The number of benzene rings is 1. The van der Waals surface area contributed by atoms with Gasteiger partial charge in [0, 0.05) is 11.6 Å². The first-order chi connectivity index (χ1) is 8.83. The molecule has 0 radical (unpaired) electrons. The van der Waals surface area contributed by atoms with E-state index in [0.29, 0.717) is 17.4 Å². The van der Waals surface area contributed by atoms with Crippen LogP contribution in [0.4, 0.5) is 0 Å². The average molecular weight is 240 g/mol. The second-order valence-corrected chi connectivity index (χ2v) is 3.59. The van der Waals surface area contributed by atoms with Crippen LogP contribution in [0.15, 0.2) is 52.0 Å². The van der Waals surface area contributed by atoms with Crippen LogP contribution in [0.3, 0.4) is 0 Å². The molecule has 0 saturated heterocycles. The predicted molar refractivity (Wildman–Crippen MR) is 63.6 cm³/mol. The van der Waals surface area contributed by atoms with E-state index < -0.39 is 0 Å². The van der Waals surface area contributed by atoms with Crippen molar-refractivity contribution < 1.29 is 4.52 Å². The zero-order valence-corrected chi connectivity index (χ0v) is 9.20.